The molecule has 2 rings (SSSR count). The van der Waals surface area contributed by atoms with Gasteiger partial charge in [-0.2, -0.15) is 0 Å². The molecule has 0 aliphatic carbocycles. The summed E-state index contributed by atoms with van der Waals surface area (Å²) in [4.78, 5) is 16.2. The van der Waals surface area contributed by atoms with Crippen LogP contribution in [0.3, 0.4) is 0 Å². The summed E-state index contributed by atoms with van der Waals surface area (Å²) < 4.78 is 5.70. The zero-order chi connectivity index (χ0) is 16.7. The first-order valence-electron chi connectivity index (χ1n) is 8.08. The summed E-state index contributed by atoms with van der Waals surface area (Å²) >= 11 is 0. The molecule has 3 N–H and O–H groups in total. The maximum atomic E-state index is 12.0. The van der Waals surface area contributed by atoms with Gasteiger partial charge in [-0.3, -0.25) is 4.79 Å². The van der Waals surface area contributed by atoms with Crippen LogP contribution in [0, 0.1) is 5.92 Å². The fraction of sp³-hybridized carbons (Fsp3) is 0.444. The number of nitrogens with zero attached hydrogens (tertiary/aromatic N) is 1. The number of rotatable bonds is 8. The molecule has 7 heteroatoms. The molecule has 0 saturated heterocycles. The van der Waals surface area contributed by atoms with Gasteiger partial charge in [0.05, 0.1) is 6.20 Å². The van der Waals surface area contributed by atoms with Crippen LogP contribution in [0.25, 0.3) is 11.3 Å². The first-order valence-corrected chi connectivity index (χ1v) is 8.08. The third kappa shape index (κ3) is 7.90. The van der Waals surface area contributed by atoms with Crippen LogP contribution in [0.4, 0.5) is 0 Å². The third-order valence-corrected chi connectivity index (χ3v) is 3.58. The molecule has 0 aliphatic heterocycles. The molecule has 1 amide bonds. The first kappa shape index (κ1) is 23.4. The highest BCUT2D eigenvalue weighted by molar-refractivity contribution is 5.85. The van der Waals surface area contributed by atoms with Crippen LogP contribution in [0.15, 0.2) is 40.9 Å². The van der Waals surface area contributed by atoms with Gasteiger partial charge in [-0.25, -0.2) is 4.98 Å². The van der Waals surface area contributed by atoms with Gasteiger partial charge in [0.25, 0.3) is 0 Å². The Balaban J connectivity index is 0.00000288. The van der Waals surface area contributed by atoms with Crippen LogP contribution < -0.4 is 11.1 Å². The summed E-state index contributed by atoms with van der Waals surface area (Å²) in [6.45, 7) is 4.69. The third-order valence-electron chi connectivity index (χ3n) is 3.58. The van der Waals surface area contributed by atoms with Crippen LogP contribution in [0.5, 0.6) is 0 Å². The zero-order valence-electron chi connectivity index (χ0n) is 14.6. The molecule has 0 saturated carbocycles. The number of aryl methyl sites for hydroxylation is 1. The van der Waals surface area contributed by atoms with E-state index in [2.05, 4.69) is 24.1 Å². The van der Waals surface area contributed by atoms with Crippen molar-refractivity contribution in [2.24, 2.45) is 11.7 Å². The van der Waals surface area contributed by atoms with Crippen molar-refractivity contribution < 1.29 is 9.21 Å². The predicted molar refractivity (Wildman–Crippen MR) is 105 cm³/mol. The second-order valence-electron chi connectivity index (χ2n) is 6.11. The molecule has 2 aromatic rings. The van der Waals surface area contributed by atoms with E-state index in [1.807, 2.05) is 30.3 Å². The van der Waals surface area contributed by atoms with Crippen molar-refractivity contribution in [2.45, 2.75) is 39.2 Å². The summed E-state index contributed by atoms with van der Waals surface area (Å²) in [6, 6.07) is 9.82. The maximum Gasteiger partial charge on any atom is 0.220 e. The molecule has 5 nitrogen and oxygen atoms in total. The molecule has 0 radical (unpaired) electrons. The zero-order valence-corrected chi connectivity index (χ0v) is 16.2. The van der Waals surface area contributed by atoms with E-state index in [0.29, 0.717) is 31.2 Å². The predicted octanol–water partition coefficient (Wildman–Crippen LogP) is 3.61. The molecule has 1 aromatic heterocycles. The highest BCUT2D eigenvalue weighted by Crippen LogP contribution is 2.20. The molecule has 0 spiro atoms. The highest BCUT2D eigenvalue weighted by atomic mass is 35.5. The maximum absolute atomic E-state index is 12.0. The fourth-order valence-corrected chi connectivity index (χ4v) is 2.47. The molecule has 1 aromatic carbocycles. The number of nitrogens with one attached hydrogen (secondary N) is 1. The topological polar surface area (TPSA) is 81.1 Å². The van der Waals surface area contributed by atoms with Gasteiger partial charge in [-0.1, -0.05) is 44.2 Å². The molecule has 1 unspecified atom stereocenters. The van der Waals surface area contributed by atoms with E-state index >= 15 is 0 Å². The van der Waals surface area contributed by atoms with Crippen molar-refractivity contribution >= 4 is 30.7 Å². The SMILES string of the molecule is CC(C)CC(CN)NC(=O)CCc1ncc(-c2ccccc2)o1.Cl.Cl. The van der Waals surface area contributed by atoms with Crippen molar-refractivity contribution in [3.63, 3.8) is 0 Å². The minimum Gasteiger partial charge on any atom is -0.441 e. The lowest BCUT2D eigenvalue weighted by Crippen LogP contribution is -2.41. The quantitative estimate of drug-likeness (QED) is 0.724. The Morgan fingerprint density at radius 3 is 2.52 bits per heavy atom. The minimum atomic E-state index is -0.0134. The van der Waals surface area contributed by atoms with Gasteiger partial charge in [0.2, 0.25) is 5.91 Å². The number of hydrogen-bond donors (Lipinski definition) is 2. The summed E-state index contributed by atoms with van der Waals surface area (Å²) in [7, 11) is 0. The van der Waals surface area contributed by atoms with Crippen molar-refractivity contribution in [1.29, 1.82) is 0 Å². The first-order chi connectivity index (χ1) is 11.1. The van der Waals surface area contributed by atoms with Crippen molar-refractivity contribution in [3.05, 3.63) is 42.4 Å². The average Bonchev–Trinajstić information content (AvgIpc) is 3.01. The van der Waals surface area contributed by atoms with Crippen LogP contribution >= 0.6 is 24.8 Å². The summed E-state index contributed by atoms with van der Waals surface area (Å²) in [5.41, 5.74) is 6.68. The van der Waals surface area contributed by atoms with E-state index < -0.39 is 0 Å². The Labute approximate surface area is 161 Å². The number of nitrogens with two attached hydrogens (primary N) is 1. The van der Waals surface area contributed by atoms with Crippen LogP contribution in [-0.2, 0) is 11.2 Å². The number of amides is 1. The molecule has 0 aliphatic rings. The van der Waals surface area contributed by atoms with E-state index in [1.54, 1.807) is 6.20 Å². The van der Waals surface area contributed by atoms with Gasteiger partial charge in [0.15, 0.2) is 11.7 Å². The minimum absolute atomic E-state index is 0. The van der Waals surface area contributed by atoms with Gasteiger partial charge in [-0.05, 0) is 12.3 Å². The molecule has 140 valence electrons. The highest BCUT2D eigenvalue weighted by Gasteiger charge is 2.13. The lowest BCUT2D eigenvalue weighted by molar-refractivity contribution is -0.121. The van der Waals surface area contributed by atoms with Gasteiger partial charge in [0.1, 0.15) is 0 Å². The van der Waals surface area contributed by atoms with Gasteiger partial charge < -0.3 is 15.5 Å². The van der Waals surface area contributed by atoms with E-state index in [9.17, 15) is 4.79 Å². The summed E-state index contributed by atoms with van der Waals surface area (Å²) in [5.74, 6) is 1.79. The largest absolute Gasteiger partial charge is 0.441 e. The van der Waals surface area contributed by atoms with E-state index in [0.717, 1.165) is 17.7 Å². The average molecular weight is 388 g/mol. The lowest BCUT2D eigenvalue weighted by Gasteiger charge is -2.18. The van der Waals surface area contributed by atoms with Crippen LogP contribution in [0.2, 0.25) is 0 Å². The molecule has 25 heavy (non-hydrogen) atoms. The Hall–Kier alpha value is -1.56. The van der Waals surface area contributed by atoms with Gasteiger partial charge >= 0.3 is 0 Å². The molecule has 0 fully saturated rings. The summed E-state index contributed by atoms with van der Waals surface area (Å²) in [6.07, 6.45) is 3.42. The van der Waals surface area contributed by atoms with Crippen LogP contribution in [-0.4, -0.2) is 23.5 Å². The molecule has 0 bridgehead atoms. The standard InChI is InChI=1S/C18H25N3O2.2ClH/c1-13(2)10-15(11-19)21-17(22)8-9-18-20-12-16(23-18)14-6-4-3-5-7-14;;/h3-7,12-13,15H,8-11,19H2,1-2H3,(H,21,22);2*1H. The van der Waals surface area contributed by atoms with E-state index in [-0.39, 0.29) is 36.8 Å². The molecular formula is C18H27Cl2N3O2. The Morgan fingerprint density at radius 1 is 1.24 bits per heavy atom. The fourth-order valence-electron chi connectivity index (χ4n) is 2.47. The van der Waals surface area contributed by atoms with Gasteiger partial charge in [-0.15, -0.1) is 24.8 Å². The molecular weight excluding hydrogens is 361 g/mol. The monoisotopic (exact) mass is 387 g/mol. The smallest absolute Gasteiger partial charge is 0.220 e. The Morgan fingerprint density at radius 2 is 1.92 bits per heavy atom. The number of carbonyl (C=O) groups excluding carboxylic acids is 1. The number of aromatic nitrogens is 1. The van der Waals surface area contributed by atoms with E-state index in [4.69, 9.17) is 10.2 Å². The number of oxazole rings is 1. The number of benzene rings is 1. The molecule has 1 heterocycles. The number of carbonyl (C=O) groups is 1. The Kier molecular flexibility index (Phi) is 11.2. The number of hydrogen-bond acceptors (Lipinski definition) is 4. The summed E-state index contributed by atoms with van der Waals surface area (Å²) in [5, 5.41) is 2.97. The Bertz CT molecular complexity index is 618. The lowest BCUT2D eigenvalue weighted by atomic mass is 10.0. The normalized spacial score (nSPS) is 11.4. The van der Waals surface area contributed by atoms with Crippen molar-refractivity contribution in [1.82, 2.24) is 10.3 Å². The van der Waals surface area contributed by atoms with Gasteiger partial charge in [0, 0.05) is 31.0 Å². The second-order valence-corrected chi connectivity index (χ2v) is 6.11. The van der Waals surface area contributed by atoms with Crippen LogP contribution in [0.1, 0.15) is 32.6 Å². The van der Waals surface area contributed by atoms with Crippen molar-refractivity contribution in [2.75, 3.05) is 6.54 Å². The molecule has 1 atom stereocenters. The van der Waals surface area contributed by atoms with E-state index in [1.165, 1.54) is 0 Å². The number of halogens is 2. The second kappa shape index (κ2) is 11.9. The van der Waals surface area contributed by atoms with Crippen molar-refractivity contribution in [3.8, 4) is 11.3 Å².